The van der Waals surface area contributed by atoms with Crippen molar-refractivity contribution in [2.45, 2.75) is 124 Å². The Morgan fingerprint density at radius 3 is 1.61 bits per heavy atom. The number of ether oxygens (including phenoxy) is 1. The second kappa shape index (κ2) is 16.0. The third-order valence-electron chi connectivity index (χ3n) is 17.4. The number of hydrogen-bond donors (Lipinski definition) is 0. The first-order valence-electron chi connectivity index (χ1n) is 26.4. The van der Waals surface area contributed by atoms with Crippen LogP contribution in [0.3, 0.4) is 0 Å². The highest BCUT2D eigenvalue weighted by Crippen LogP contribution is 2.67. The zero-order valence-electron chi connectivity index (χ0n) is 43.9. The minimum atomic E-state index is -0.154. The number of anilines is 8. The number of para-hydroxylation sites is 2. The maximum atomic E-state index is 7.92. The van der Waals surface area contributed by atoms with Gasteiger partial charge >= 0.3 is 0 Å². The van der Waals surface area contributed by atoms with Crippen molar-refractivity contribution < 1.29 is 4.74 Å². The van der Waals surface area contributed by atoms with Crippen LogP contribution in [-0.2, 0) is 21.0 Å². The van der Waals surface area contributed by atoms with Crippen molar-refractivity contribution in [1.29, 1.82) is 0 Å². The highest BCUT2D eigenvalue weighted by atomic mass is 16.5. The van der Waals surface area contributed by atoms with Gasteiger partial charge in [0.2, 0.25) is 0 Å². The van der Waals surface area contributed by atoms with E-state index in [2.05, 4.69) is 255 Å². The predicted molar refractivity (Wildman–Crippen MR) is 301 cm³/mol. The highest BCUT2D eigenvalue weighted by Gasteiger charge is 2.65. The minimum absolute atomic E-state index is 0.0338. The summed E-state index contributed by atoms with van der Waals surface area (Å²) in [5.74, 6) is 0.268. The first-order chi connectivity index (χ1) is 33.8. The van der Waals surface area contributed by atoms with Crippen LogP contribution in [-0.4, -0.2) is 12.8 Å². The monoisotopic (exact) mass is 932 g/mol. The fraction of sp³-hybridized carbons (Fsp3) is 0.333. The van der Waals surface area contributed by atoms with Crippen LogP contribution in [0.15, 0.2) is 175 Å². The smallest absolute Gasteiger partial charge is 0.295 e. The van der Waals surface area contributed by atoms with Gasteiger partial charge in [-0.05, 0) is 153 Å². The Labute approximate surface area is 424 Å². The van der Waals surface area contributed by atoms with E-state index in [-0.39, 0.29) is 45.8 Å². The summed E-state index contributed by atoms with van der Waals surface area (Å²) in [6, 6.07) is 62.0. The lowest BCUT2D eigenvalue weighted by atomic mass is 9.35. The molecule has 0 spiro atoms. The van der Waals surface area contributed by atoms with E-state index in [1.807, 2.05) is 0 Å². The van der Waals surface area contributed by atoms with Crippen LogP contribution in [0.2, 0.25) is 0 Å². The normalized spacial score (nSPS) is 22.2. The molecule has 7 aromatic rings. The quantitative estimate of drug-likeness (QED) is 0.155. The molecule has 4 nitrogen and oxygen atoms in total. The van der Waals surface area contributed by atoms with Gasteiger partial charge in [0.25, 0.3) is 6.71 Å². The van der Waals surface area contributed by atoms with Crippen molar-refractivity contribution in [1.82, 2.24) is 0 Å². The molecule has 13 rings (SSSR count). The first-order valence-corrected chi connectivity index (χ1v) is 26.4. The summed E-state index contributed by atoms with van der Waals surface area (Å²) in [6.45, 7) is 26.1. The second-order valence-corrected chi connectivity index (χ2v) is 25.3. The van der Waals surface area contributed by atoms with Gasteiger partial charge < -0.3 is 19.4 Å². The van der Waals surface area contributed by atoms with Gasteiger partial charge in [-0.1, -0.05) is 167 Å². The van der Waals surface area contributed by atoms with Gasteiger partial charge in [-0.3, -0.25) is 0 Å². The number of benzene rings is 7. The Morgan fingerprint density at radius 1 is 0.493 bits per heavy atom. The van der Waals surface area contributed by atoms with Crippen LogP contribution in [0.25, 0.3) is 11.1 Å². The Balaban J connectivity index is 1.20. The molecule has 7 aromatic carbocycles. The summed E-state index contributed by atoms with van der Waals surface area (Å²) in [4.78, 5) is 7.77. The number of hydrogen-bond acceptors (Lipinski definition) is 4. The van der Waals surface area contributed by atoms with E-state index < -0.39 is 0 Å². The van der Waals surface area contributed by atoms with Crippen LogP contribution in [0.1, 0.15) is 119 Å². The number of nitrogens with zero attached hydrogens (tertiary/aromatic N) is 3. The Hall–Kier alpha value is -6.46. The molecule has 3 aliphatic carbocycles. The molecule has 2 unspecified atom stereocenters. The maximum Gasteiger partial charge on any atom is 0.295 e. The molecule has 0 radical (unpaired) electrons. The summed E-state index contributed by atoms with van der Waals surface area (Å²) in [7, 11) is 0. The number of fused-ring (bicyclic) bond motifs is 5. The molecule has 71 heavy (non-hydrogen) atoms. The van der Waals surface area contributed by atoms with Crippen molar-refractivity contribution in [3.8, 4) is 11.1 Å². The van der Waals surface area contributed by atoms with Crippen molar-refractivity contribution in [2.24, 2.45) is 16.7 Å². The Bertz CT molecular complexity index is 3180. The van der Waals surface area contributed by atoms with Crippen LogP contribution >= 0.6 is 0 Å². The summed E-state index contributed by atoms with van der Waals surface area (Å²) >= 11 is 0. The molecule has 358 valence electrons. The van der Waals surface area contributed by atoms with Crippen LogP contribution in [0.5, 0.6) is 0 Å². The average Bonchev–Trinajstić information content (AvgIpc) is 3.78. The largest absolute Gasteiger partial charge is 0.501 e. The van der Waals surface area contributed by atoms with Crippen molar-refractivity contribution in [3.05, 3.63) is 192 Å². The topological polar surface area (TPSA) is 19.0 Å². The zero-order valence-corrected chi connectivity index (χ0v) is 43.9. The Morgan fingerprint density at radius 2 is 1.03 bits per heavy atom. The predicted octanol–water partition coefficient (Wildman–Crippen LogP) is 16.6. The van der Waals surface area contributed by atoms with Crippen molar-refractivity contribution >= 4 is 63.1 Å². The summed E-state index contributed by atoms with van der Waals surface area (Å²) in [5, 5.41) is 0. The van der Waals surface area contributed by atoms with E-state index in [1.54, 1.807) is 0 Å². The fourth-order valence-electron chi connectivity index (χ4n) is 13.1. The van der Waals surface area contributed by atoms with Gasteiger partial charge in [-0.15, -0.1) is 0 Å². The van der Waals surface area contributed by atoms with E-state index >= 15 is 0 Å². The third kappa shape index (κ3) is 7.30. The van der Waals surface area contributed by atoms with Crippen LogP contribution < -0.4 is 25.6 Å². The standard InChI is InChI=1S/C66H70BN3O/c1-62(2,3)44-27-30-49(31-28-44)69-55-40-46(64(7,8)9)41-56-58(55)67(61-59(69)57-60(71-61)66(11)37-35-65(57,10)36-38-66)52-33-32-50(68(47-23-17-13-18-24-47)48-25-19-14-20-26-48)42-54(52)70(56)53-34-29-45(63(4,5)6)39-51(53)43-21-15-12-16-22-43/h12-34,39-42,57,60H,35-38H2,1-11H3. The fourth-order valence-corrected chi connectivity index (χ4v) is 13.1. The molecule has 2 atom stereocenters. The molecular formula is C66H70BN3O. The van der Waals surface area contributed by atoms with Gasteiger partial charge in [0, 0.05) is 56.7 Å². The van der Waals surface area contributed by atoms with Gasteiger partial charge in [0.15, 0.2) is 0 Å². The molecule has 0 saturated heterocycles. The van der Waals surface area contributed by atoms with Crippen LogP contribution in [0, 0.1) is 16.7 Å². The molecule has 3 fully saturated rings. The lowest BCUT2D eigenvalue weighted by molar-refractivity contribution is -0.127. The molecule has 3 saturated carbocycles. The molecule has 0 amide bonds. The molecule has 5 heteroatoms. The second-order valence-electron chi connectivity index (χ2n) is 25.3. The Kier molecular flexibility index (Phi) is 10.3. The molecule has 0 aromatic heterocycles. The van der Waals surface area contributed by atoms with Crippen molar-refractivity contribution in [3.63, 3.8) is 0 Å². The SMILES string of the molecule is CC(C)(C)c1ccc(N2C3=C(OC4C3C3(C)CCC4(C)CC3)B3c4ccc(N(c5ccccc5)c5ccccc5)cc4N(c4ccc(C(C)(C)C)cc4-c4ccccc4)c4cc(C(C)(C)C)cc2c43)cc1. The van der Waals surface area contributed by atoms with Crippen molar-refractivity contribution in [2.75, 3.05) is 14.7 Å². The summed E-state index contributed by atoms with van der Waals surface area (Å²) < 4.78 is 7.92. The molecular weight excluding hydrogens is 862 g/mol. The summed E-state index contributed by atoms with van der Waals surface area (Å²) in [6.07, 6.45) is 4.97. The third-order valence-corrected chi connectivity index (χ3v) is 17.4. The van der Waals surface area contributed by atoms with E-state index in [0.717, 1.165) is 22.7 Å². The van der Waals surface area contributed by atoms with E-state index in [9.17, 15) is 0 Å². The van der Waals surface area contributed by atoms with Gasteiger partial charge in [-0.2, -0.15) is 0 Å². The van der Waals surface area contributed by atoms with Gasteiger partial charge in [0.05, 0.1) is 17.0 Å². The maximum absolute atomic E-state index is 7.92. The minimum Gasteiger partial charge on any atom is -0.501 e. The van der Waals surface area contributed by atoms with Gasteiger partial charge in [-0.25, -0.2) is 0 Å². The zero-order chi connectivity index (χ0) is 49.4. The van der Waals surface area contributed by atoms with E-state index in [4.69, 9.17) is 4.74 Å². The molecule has 0 N–H and O–H groups in total. The van der Waals surface area contributed by atoms with Crippen LogP contribution in [0.4, 0.5) is 45.5 Å². The lowest BCUT2D eigenvalue weighted by Gasteiger charge is -2.58. The highest BCUT2D eigenvalue weighted by molar-refractivity contribution is 6.94. The summed E-state index contributed by atoms with van der Waals surface area (Å²) in [5.41, 5.74) is 21.0. The molecule has 2 bridgehead atoms. The average molecular weight is 932 g/mol. The van der Waals surface area contributed by atoms with E-state index in [1.165, 1.54) is 98.6 Å². The lowest BCUT2D eigenvalue weighted by Crippen LogP contribution is -2.57. The molecule has 6 aliphatic rings. The van der Waals surface area contributed by atoms with E-state index in [0.29, 0.717) is 0 Å². The van der Waals surface area contributed by atoms with Gasteiger partial charge in [0.1, 0.15) is 6.10 Å². The first kappa shape index (κ1) is 45.7. The molecule has 3 aliphatic heterocycles. The molecule has 3 heterocycles. The number of rotatable bonds is 6.